The zero-order valence-electron chi connectivity index (χ0n) is 14.2. The van der Waals surface area contributed by atoms with E-state index in [1.165, 1.54) is 0 Å². The highest BCUT2D eigenvalue weighted by Gasteiger charge is 2.38. The van der Waals surface area contributed by atoms with Crippen molar-refractivity contribution in [2.75, 3.05) is 11.9 Å². The first-order valence-electron chi connectivity index (χ1n) is 8.16. The average molecular weight is 372 g/mol. The number of amides is 4. The van der Waals surface area contributed by atoms with E-state index in [9.17, 15) is 14.4 Å². The molecular formula is C19H18ClN3O3. The van der Waals surface area contributed by atoms with Crippen LogP contribution in [0.5, 0.6) is 0 Å². The number of hydrogen-bond donors (Lipinski definition) is 2. The maximum Gasteiger partial charge on any atom is 0.325 e. The number of nitrogens with one attached hydrogen (secondary N) is 2. The van der Waals surface area contributed by atoms with Gasteiger partial charge in [-0.1, -0.05) is 48.0 Å². The van der Waals surface area contributed by atoms with Crippen LogP contribution in [0.25, 0.3) is 0 Å². The van der Waals surface area contributed by atoms with E-state index >= 15 is 0 Å². The molecule has 1 saturated heterocycles. The van der Waals surface area contributed by atoms with E-state index < -0.39 is 23.9 Å². The quantitative estimate of drug-likeness (QED) is 0.793. The van der Waals surface area contributed by atoms with Gasteiger partial charge in [-0.25, -0.2) is 4.79 Å². The lowest BCUT2D eigenvalue weighted by Crippen LogP contribution is -2.38. The first kappa shape index (κ1) is 17.9. The van der Waals surface area contributed by atoms with E-state index in [1.54, 1.807) is 12.1 Å². The van der Waals surface area contributed by atoms with E-state index in [0.29, 0.717) is 17.1 Å². The van der Waals surface area contributed by atoms with Crippen molar-refractivity contribution in [3.8, 4) is 0 Å². The molecule has 0 aliphatic carbocycles. The van der Waals surface area contributed by atoms with Gasteiger partial charge in [-0.3, -0.25) is 14.5 Å². The Balaban J connectivity index is 1.63. The highest BCUT2D eigenvalue weighted by atomic mass is 35.5. The van der Waals surface area contributed by atoms with Crippen LogP contribution in [0.2, 0.25) is 5.02 Å². The number of aryl methyl sites for hydroxylation is 1. The fourth-order valence-electron chi connectivity index (χ4n) is 2.77. The molecule has 4 amide bonds. The van der Waals surface area contributed by atoms with Crippen molar-refractivity contribution < 1.29 is 14.4 Å². The molecule has 6 nitrogen and oxygen atoms in total. The predicted molar refractivity (Wildman–Crippen MR) is 99.0 cm³/mol. The standard InChI is InChI=1S/C19H18ClN3O3/c1-12-7-8-15(14(20)9-12)21-17(24)11-23-18(25)16(22-19(23)26)10-13-5-3-2-4-6-13/h2-9,16H,10-11H2,1H3,(H,21,24)(H,22,26). The van der Waals surface area contributed by atoms with Gasteiger partial charge in [-0.05, 0) is 30.2 Å². The molecule has 0 aromatic heterocycles. The molecule has 1 aliphatic heterocycles. The second-order valence-electron chi connectivity index (χ2n) is 6.15. The molecule has 0 saturated carbocycles. The van der Waals surface area contributed by atoms with Gasteiger partial charge in [0.05, 0.1) is 10.7 Å². The summed E-state index contributed by atoms with van der Waals surface area (Å²) in [6.07, 6.45) is 0.382. The van der Waals surface area contributed by atoms with Gasteiger partial charge < -0.3 is 10.6 Å². The van der Waals surface area contributed by atoms with Gasteiger partial charge >= 0.3 is 6.03 Å². The second kappa shape index (κ2) is 7.58. The van der Waals surface area contributed by atoms with E-state index in [1.807, 2.05) is 43.3 Å². The number of urea groups is 1. The van der Waals surface area contributed by atoms with E-state index in [2.05, 4.69) is 10.6 Å². The van der Waals surface area contributed by atoms with Gasteiger partial charge in [0.25, 0.3) is 5.91 Å². The Bertz CT molecular complexity index is 854. The summed E-state index contributed by atoms with van der Waals surface area (Å²) in [5.74, 6) is -0.899. The lowest BCUT2D eigenvalue weighted by atomic mass is 10.1. The van der Waals surface area contributed by atoms with Crippen LogP contribution in [0.1, 0.15) is 11.1 Å². The Morgan fingerprint density at radius 2 is 1.92 bits per heavy atom. The molecule has 3 rings (SSSR count). The van der Waals surface area contributed by atoms with Gasteiger partial charge in [0.15, 0.2) is 0 Å². The number of halogens is 1. The summed E-state index contributed by atoms with van der Waals surface area (Å²) >= 11 is 6.09. The van der Waals surface area contributed by atoms with E-state index in [-0.39, 0.29) is 6.54 Å². The van der Waals surface area contributed by atoms with Gasteiger partial charge in [0.2, 0.25) is 5.91 Å². The van der Waals surface area contributed by atoms with Crippen LogP contribution in [0, 0.1) is 6.92 Å². The lowest BCUT2D eigenvalue weighted by Gasteiger charge is -2.14. The molecule has 2 aromatic carbocycles. The third-order valence-corrected chi connectivity index (χ3v) is 4.40. The average Bonchev–Trinajstić information content (AvgIpc) is 2.86. The number of rotatable bonds is 5. The summed E-state index contributed by atoms with van der Waals surface area (Å²) in [7, 11) is 0. The molecule has 0 spiro atoms. The molecule has 1 aliphatic rings. The summed E-state index contributed by atoms with van der Waals surface area (Å²) < 4.78 is 0. The zero-order chi connectivity index (χ0) is 18.7. The number of carbonyl (C=O) groups excluding carboxylic acids is 3. The summed E-state index contributed by atoms with van der Waals surface area (Å²) in [5.41, 5.74) is 2.34. The Labute approximate surface area is 156 Å². The lowest BCUT2D eigenvalue weighted by molar-refractivity contribution is -0.130. The Morgan fingerprint density at radius 3 is 2.62 bits per heavy atom. The second-order valence-corrected chi connectivity index (χ2v) is 6.55. The van der Waals surface area contributed by atoms with Gasteiger partial charge in [-0.15, -0.1) is 0 Å². The fraction of sp³-hybridized carbons (Fsp3) is 0.211. The molecular weight excluding hydrogens is 354 g/mol. The molecule has 1 atom stereocenters. The normalized spacial score (nSPS) is 16.5. The summed E-state index contributed by atoms with van der Waals surface area (Å²) in [6, 6.07) is 13.4. The number of benzene rings is 2. The molecule has 7 heteroatoms. The SMILES string of the molecule is Cc1ccc(NC(=O)CN2C(=O)NC(Cc3ccccc3)C2=O)c(Cl)c1. The van der Waals surface area contributed by atoms with E-state index in [0.717, 1.165) is 16.0 Å². The zero-order valence-corrected chi connectivity index (χ0v) is 14.9. The number of anilines is 1. The maximum absolute atomic E-state index is 12.5. The highest BCUT2D eigenvalue weighted by molar-refractivity contribution is 6.33. The highest BCUT2D eigenvalue weighted by Crippen LogP contribution is 2.22. The van der Waals surface area contributed by atoms with Crippen molar-refractivity contribution in [3.63, 3.8) is 0 Å². The molecule has 134 valence electrons. The van der Waals surface area contributed by atoms with Crippen LogP contribution in [-0.4, -0.2) is 35.3 Å². The van der Waals surface area contributed by atoms with Crippen LogP contribution in [0.15, 0.2) is 48.5 Å². The van der Waals surface area contributed by atoms with Crippen molar-refractivity contribution in [1.82, 2.24) is 10.2 Å². The van der Waals surface area contributed by atoms with Gasteiger partial charge in [0.1, 0.15) is 12.6 Å². The smallest absolute Gasteiger partial charge is 0.325 e. The fourth-order valence-corrected chi connectivity index (χ4v) is 3.05. The van der Waals surface area contributed by atoms with Gasteiger partial charge in [-0.2, -0.15) is 0 Å². The predicted octanol–water partition coefficient (Wildman–Crippen LogP) is 2.75. The topological polar surface area (TPSA) is 78.5 Å². The van der Waals surface area contributed by atoms with Gasteiger partial charge in [0, 0.05) is 6.42 Å². The van der Waals surface area contributed by atoms with Crippen molar-refractivity contribution in [3.05, 3.63) is 64.7 Å². The number of nitrogens with zero attached hydrogens (tertiary/aromatic N) is 1. The summed E-state index contributed by atoms with van der Waals surface area (Å²) in [6.45, 7) is 1.53. The van der Waals surface area contributed by atoms with Crippen molar-refractivity contribution in [2.45, 2.75) is 19.4 Å². The third kappa shape index (κ3) is 4.03. The first-order valence-corrected chi connectivity index (χ1v) is 8.53. The van der Waals surface area contributed by atoms with Crippen LogP contribution in [0.3, 0.4) is 0 Å². The largest absolute Gasteiger partial charge is 0.325 e. The van der Waals surface area contributed by atoms with Crippen molar-refractivity contribution in [1.29, 1.82) is 0 Å². The minimum absolute atomic E-state index is 0.361. The molecule has 2 aromatic rings. The number of hydrogen-bond acceptors (Lipinski definition) is 3. The monoisotopic (exact) mass is 371 g/mol. The molecule has 1 fully saturated rings. The first-order chi connectivity index (χ1) is 12.4. The van der Waals surface area contributed by atoms with Crippen LogP contribution in [0.4, 0.5) is 10.5 Å². The van der Waals surface area contributed by atoms with Crippen LogP contribution < -0.4 is 10.6 Å². The minimum Gasteiger partial charge on any atom is -0.325 e. The Kier molecular flexibility index (Phi) is 5.23. The molecule has 2 N–H and O–H groups in total. The molecule has 26 heavy (non-hydrogen) atoms. The molecule has 0 bridgehead atoms. The number of imide groups is 1. The number of carbonyl (C=O) groups is 3. The summed E-state index contributed by atoms with van der Waals surface area (Å²) in [5, 5.41) is 5.65. The minimum atomic E-state index is -0.666. The molecule has 0 radical (unpaired) electrons. The van der Waals surface area contributed by atoms with Crippen molar-refractivity contribution >= 4 is 35.1 Å². The summed E-state index contributed by atoms with van der Waals surface area (Å²) in [4.78, 5) is 37.7. The van der Waals surface area contributed by atoms with Crippen molar-refractivity contribution in [2.24, 2.45) is 0 Å². The Morgan fingerprint density at radius 1 is 1.19 bits per heavy atom. The molecule has 1 unspecified atom stereocenters. The van der Waals surface area contributed by atoms with E-state index in [4.69, 9.17) is 11.6 Å². The third-order valence-electron chi connectivity index (χ3n) is 4.09. The molecule has 1 heterocycles. The van der Waals surface area contributed by atoms with Crippen LogP contribution >= 0.6 is 11.6 Å². The Hall–Kier alpha value is -2.86. The van der Waals surface area contributed by atoms with Crippen LogP contribution in [-0.2, 0) is 16.0 Å². The maximum atomic E-state index is 12.5.